The lowest BCUT2D eigenvalue weighted by Gasteiger charge is -2.06. The number of rotatable bonds is 6. The van der Waals surface area contributed by atoms with Crippen molar-refractivity contribution in [2.75, 3.05) is 6.61 Å². The second-order valence-electron chi connectivity index (χ2n) is 4.13. The van der Waals surface area contributed by atoms with Crippen molar-refractivity contribution in [1.29, 1.82) is 5.41 Å². The van der Waals surface area contributed by atoms with Gasteiger partial charge in [0.2, 0.25) is 0 Å². The number of aromatic nitrogens is 1. The van der Waals surface area contributed by atoms with Gasteiger partial charge in [0.25, 0.3) is 0 Å². The third-order valence-electron chi connectivity index (χ3n) is 2.77. The molecule has 0 saturated carbocycles. The number of nitro benzene ring substituents is 1. The number of nitrogens with zero attached hydrogens (tertiary/aromatic N) is 2. The topological polar surface area (TPSA) is 98.2 Å². The largest absolute Gasteiger partial charge is 0.487 e. The van der Waals surface area contributed by atoms with E-state index in [2.05, 4.69) is 0 Å². The van der Waals surface area contributed by atoms with E-state index in [4.69, 9.17) is 10.1 Å². The average molecular weight is 388 g/mol. The standard InChI is InChI=1S/C13H13N3O4S.BrH/c1-2-20-12-4-3-9(7-10(12)16(18)19)11(17)8-15-5-6-21-13(15)14;/h3-7,14H,2,8H2,1H3;1H. The van der Waals surface area contributed by atoms with Crippen LogP contribution in [0, 0.1) is 15.5 Å². The highest BCUT2D eigenvalue weighted by Gasteiger charge is 2.18. The normalized spacial score (nSPS) is 9.86. The van der Waals surface area contributed by atoms with Crippen LogP contribution in [-0.4, -0.2) is 21.9 Å². The second-order valence-corrected chi connectivity index (χ2v) is 5.03. The molecule has 0 bridgehead atoms. The second kappa shape index (κ2) is 7.85. The molecule has 9 heteroatoms. The molecule has 0 aliphatic carbocycles. The van der Waals surface area contributed by atoms with Gasteiger partial charge in [0, 0.05) is 23.2 Å². The van der Waals surface area contributed by atoms with E-state index >= 15 is 0 Å². The Morgan fingerprint density at radius 1 is 1.50 bits per heavy atom. The predicted molar refractivity (Wildman–Crippen MR) is 87.1 cm³/mol. The van der Waals surface area contributed by atoms with Crippen molar-refractivity contribution in [3.63, 3.8) is 0 Å². The van der Waals surface area contributed by atoms with Crippen molar-refractivity contribution in [3.8, 4) is 5.75 Å². The maximum absolute atomic E-state index is 12.1. The Labute approximate surface area is 140 Å². The highest BCUT2D eigenvalue weighted by molar-refractivity contribution is 8.93. The van der Waals surface area contributed by atoms with Crippen LogP contribution in [-0.2, 0) is 6.54 Å². The van der Waals surface area contributed by atoms with Crippen LogP contribution in [0.25, 0.3) is 0 Å². The number of hydrogen-bond donors (Lipinski definition) is 1. The van der Waals surface area contributed by atoms with Gasteiger partial charge in [-0.2, -0.15) is 0 Å². The summed E-state index contributed by atoms with van der Waals surface area (Å²) < 4.78 is 6.65. The molecule has 118 valence electrons. The van der Waals surface area contributed by atoms with E-state index in [1.165, 1.54) is 34.1 Å². The molecule has 0 saturated heterocycles. The fourth-order valence-corrected chi connectivity index (χ4v) is 2.38. The Balaban J connectivity index is 0.00000242. The zero-order valence-corrected chi connectivity index (χ0v) is 14.2. The first-order chi connectivity index (χ1) is 10.0. The Hall–Kier alpha value is -2.00. The lowest BCUT2D eigenvalue weighted by atomic mass is 10.1. The summed E-state index contributed by atoms with van der Waals surface area (Å²) in [5, 5.41) is 20.3. The van der Waals surface area contributed by atoms with Crippen molar-refractivity contribution in [3.05, 3.63) is 50.3 Å². The van der Waals surface area contributed by atoms with Crippen LogP contribution in [0.1, 0.15) is 17.3 Å². The van der Waals surface area contributed by atoms with Crippen molar-refractivity contribution < 1.29 is 14.5 Å². The van der Waals surface area contributed by atoms with Crippen molar-refractivity contribution in [2.45, 2.75) is 13.5 Å². The van der Waals surface area contributed by atoms with Crippen LogP contribution in [0.15, 0.2) is 29.8 Å². The minimum absolute atomic E-state index is 0. The van der Waals surface area contributed by atoms with Crippen LogP contribution >= 0.6 is 28.3 Å². The lowest BCUT2D eigenvalue weighted by Crippen LogP contribution is -2.18. The van der Waals surface area contributed by atoms with Crippen LogP contribution < -0.4 is 9.54 Å². The van der Waals surface area contributed by atoms with Crippen LogP contribution in [0.4, 0.5) is 5.69 Å². The first kappa shape index (κ1) is 18.1. The van der Waals surface area contributed by atoms with E-state index in [0.717, 1.165) is 0 Å². The number of carbonyl (C=O) groups is 1. The van der Waals surface area contributed by atoms with Gasteiger partial charge in [0.15, 0.2) is 16.3 Å². The first-order valence-electron chi connectivity index (χ1n) is 6.16. The van der Waals surface area contributed by atoms with Gasteiger partial charge in [-0.15, -0.1) is 28.3 Å². The van der Waals surface area contributed by atoms with Crippen molar-refractivity contribution in [2.24, 2.45) is 0 Å². The van der Waals surface area contributed by atoms with Gasteiger partial charge in [-0.3, -0.25) is 20.3 Å². The van der Waals surface area contributed by atoms with E-state index in [1.54, 1.807) is 18.5 Å². The molecule has 22 heavy (non-hydrogen) atoms. The number of ether oxygens (including phenoxy) is 1. The van der Waals surface area contributed by atoms with Gasteiger partial charge in [-0.05, 0) is 19.1 Å². The zero-order valence-electron chi connectivity index (χ0n) is 11.6. The van der Waals surface area contributed by atoms with E-state index in [1.807, 2.05) is 0 Å². The van der Waals surface area contributed by atoms with E-state index in [9.17, 15) is 14.9 Å². The summed E-state index contributed by atoms with van der Waals surface area (Å²) in [6, 6.07) is 4.13. The van der Waals surface area contributed by atoms with Crippen molar-refractivity contribution >= 4 is 39.8 Å². The number of Topliss-reactive ketones (excluding diaryl/α,β-unsaturated/α-hetero) is 1. The smallest absolute Gasteiger partial charge is 0.311 e. The average Bonchev–Trinajstić information content (AvgIpc) is 2.84. The maximum atomic E-state index is 12.1. The minimum atomic E-state index is -0.574. The highest BCUT2D eigenvalue weighted by atomic mass is 79.9. The number of benzene rings is 1. The highest BCUT2D eigenvalue weighted by Crippen LogP contribution is 2.28. The third kappa shape index (κ3) is 4.01. The van der Waals surface area contributed by atoms with Gasteiger partial charge >= 0.3 is 5.69 Å². The Morgan fingerprint density at radius 3 is 2.77 bits per heavy atom. The number of thiazole rings is 1. The minimum Gasteiger partial charge on any atom is -0.487 e. The SMILES string of the molecule is Br.CCOc1ccc(C(=O)Cn2ccsc2=N)cc1[N+](=O)[O-]. The molecule has 1 aromatic heterocycles. The summed E-state index contributed by atoms with van der Waals surface area (Å²) in [5.41, 5.74) is -0.00707. The molecule has 0 aliphatic heterocycles. The molecule has 0 radical (unpaired) electrons. The Bertz CT molecular complexity index is 741. The summed E-state index contributed by atoms with van der Waals surface area (Å²) in [6.07, 6.45) is 1.63. The molecule has 7 nitrogen and oxygen atoms in total. The fraction of sp³-hybridized carbons (Fsp3) is 0.231. The molecule has 1 aromatic carbocycles. The molecule has 1 heterocycles. The van der Waals surface area contributed by atoms with Crippen molar-refractivity contribution in [1.82, 2.24) is 4.57 Å². The summed E-state index contributed by atoms with van der Waals surface area (Å²) in [6.45, 7) is 2.01. The molecule has 0 fully saturated rings. The molecule has 2 aromatic rings. The first-order valence-corrected chi connectivity index (χ1v) is 7.04. The zero-order chi connectivity index (χ0) is 15.4. The molecule has 0 atom stereocenters. The summed E-state index contributed by atoms with van der Waals surface area (Å²) >= 11 is 1.21. The monoisotopic (exact) mass is 387 g/mol. The van der Waals surface area contributed by atoms with Gasteiger partial charge < -0.3 is 9.30 Å². The fourth-order valence-electron chi connectivity index (χ4n) is 1.79. The number of halogens is 1. The molecule has 0 aliphatic rings. The van der Waals surface area contributed by atoms with Gasteiger partial charge in [-0.25, -0.2) is 0 Å². The van der Waals surface area contributed by atoms with E-state index in [-0.39, 0.29) is 51.1 Å². The quantitative estimate of drug-likeness (QED) is 0.467. The van der Waals surface area contributed by atoms with Gasteiger partial charge in [0.05, 0.1) is 18.1 Å². The van der Waals surface area contributed by atoms with Gasteiger partial charge in [0.1, 0.15) is 0 Å². The van der Waals surface area contributed by atoms with E-state index in [0.29, 0.717) is 6.61 Å². The Kier molecular flexibility index (Phi) is 6.44. The Morgan fingerprint density at radius 2 is 2.23 bits per heavy atom. The number of hydrogen-bond acceptors (Lipinski definition) is 6. The molecule has 0 amide bonds. The predicted octanol–water partition coefficient (Wildman–Crippen LogP) is 2.80. The number of ketones is 1. The number of nitrogens with one attached hydrogen (secondary N) is 1. The molecule has 0 spiro atoms. The molecular weight excluding hydrogens is 374 g/mol. The van der Waals surface area contributed by atoms with Crippen LogP contribution in [0.2, 0.25) is 0 Å². The molecular formula is C13H14BrN3O4S. The van der Waals surface area contributed by atoms with E-state index < -0.39 is 4.92 Å². The molecule has 1 N–H and O–H groups in total. The maximum Gasteiger partial charge on any atom is 0.311 e. The van der Waals surface area contributed by atoms with Crippen LogP contribution in [0.3, 0.4) is 0 Å². The lowest BCUT2D eigenvalue weighted by molar-refractivity contribution is -0.385. The third-order valence-corrected chi connectivity index (χ3v) is 3.49. The van der Waals surface area contributed by atoms with Crippen LogP contribution in [0.5, 0.6) is 5.75 Å². The summed E-state index contributed by atoms with van der Waals surface area (Å²) in [7, 11) is 0. The molecule has 0 unspecified atom stereocenters. The summed E-state index contributed by atoms with van der Waals surface area (Å²) in [4.78, 5) is 22.8. The number of carbonyl (C=O) groups excluding carboxylic acids is 1. The molecule has 2 rings (SSSR count). The summed E-state index contributed by atoms with van der Waals surface area (Å²) in [5.74, 6) is -0.151. The number of nitro groups is 1. The van der Waals surface area contributed by atoms with Gasteiger partial charge in [-0.1, -0.05) is 0 Å².